The number of halogens is 1. The van der Waals surface area contributed by atoms with Gasteiger partial charge in [-0.25, -0.2) is 0 Å². The maximum Gasteiger partial charge on any atom is 0.101 e. The van der Waals surface area contributed by atoms with Crippen molar-refractivity contribution < 1.29 is 0 Å². The summed E-state index contributed by atoms with van der Waals surface area (Å²) in [6.07, 6.45) is 7.35. The van der Waals surface area contributed by atoms with Crippen molar-refractivity contribution in [2.75, 3.05) is 5.32 Å². The van der Waals surface area contributed by atoms with E-state index >= 15 is 0 Å². The predicted molar refractivity (Wildman–Crippen MR) is 80.8 cm³/mol. The number of nitriles is 1. The van der Waals surface area contributed by atoms with Gasteiger partial charge in [-0.15, -0.1) is 0 Å². The lowest BCUT2D eigenvalue weighted by atomic mass is 9.87. The van der Waals surface area contributed by atoms with Crippen LogP contribution in [0.3, 0.4) is 0 Å². The minimum Gasteiger partial charge on any atom is -0.381 e. The predicted octanol–water partition coefficient (Wildman–Crippen LogP) is 4.33. The number of anilines is 1. The Labute approximate surface area is 122 Å². The van der Waals surface area contributed by atoms with Gasteiger partial charge >= 0.3 is 0 Å². The van der Waals surface area contributed by atoms with E-state index in [-0.39, 0.29) is 0 Å². The van der Waals surface area contributed by atoms with Gasteiger partial charge in [0.15, 0.2) is 0 Å². The number of hydrogen-bond donors (Lipinski definition) is 1. The van der Waals surface area contributed by atoms with Gasteiger partial charge < -0.3 is 5.32 Å². The fourth-order valence-corrected chi connectivity index (χ4v) is 3.84. The summed E-state index contributed by atoms with van der Waals surface area (Å²) in [6, 6.07) is 8.43. The Morgan fingerprint density at radius 1 is 1.37 bits per heavy atom. The molecular weight excluding hydrogens is 300 g/mol. The molecule has 1 saturated carbocycles. The van der Waals surface area contributed by atoms with Crippen molar-refractivity contribution in [2.45, 2.75) is 25.8 Å². The minimum absolute atomic E-state index is 0.404. The zero-order valence-corrected chi connectivity index (χ0v) is 12.5. The molecule has 1 aromatic rings. The molecule has 0 heterocycles. The molecule has 2 bridgehead atoms. The Balaban J connectivity index is 1.76. The molecule has 3 heteroatoms. The van der Waals surface area contributed by atoms with E-state index in [0.717, 1.165) is 22.0 Å². The Morgan fingerprint density at radius 2 is 2.21 bits per heavy atom. The standard InChI is InChI=1S/C16H17BrN2/c1-10(15-7-11-2-3-12(15)6-11)19-16-8-14(17)5-4-13(16)9-18/h2-5,8,10-12,15,19H,6-7H2,1H3. The Bertz CT molecular complexity index is 558. The number of fused-ring (bicyclic) bond motifs is 2. The molecule has 0 radical (unpaired) electrons. The SMILES string of the molecule is CC(Nc1cc(Br)ccc1C#N)C1CC2C=CC1C2. The average Bonchev–Trinajstić information content (AvgIpc) is 3.01. The number of benzene rings is 1. The third-order valence-electron chi connectivity index (χ3n) is 4.46. The molecule has 2 nitrogen and oxygen atoms in total. The van der Waals surface area contributed by atoms with Crippen LogP contribution in [0.1, 0.15) is 25.3 Å². The molecule has 0 spiro atoms. The highest BCUT2D eigenvalue weighted by atomic mass is 79.9. The van der Waals surface area contributed by atoms with Gasteiger partial charge in [-0.2, -0.15) is 5.26 Å². The number of nitrogens with zero attached hydrogens (tertiary/aromatic N) is 1. The van der Waals surface area contributed by atoms with Crippen LogP contribution in [0.4, 0.5) is 5.69 Å². The molecule has 2 aliphatic rings. The highest BCUT2D eigenvalue weighted by Gasteiger charge is 2.38. The van der Waals surface area contributed by atoms with Gasteiger partial charge in [0, 0.05) is 10.5 Å². The smallest absolute Gasteiger partial charge is 0.101 e. The van der Waals surface area contributed by atoms with E-state index in [1.165, 1.54) is 12.8 Å². The largest absolute Gasteiger partial charge is 0.381 e. The van der Waals surface area contributed by atoms with Crippen molar-refractivity contribution in [1.82, 2.24) is 0 Å². The van der Waals surface area contributed by atoms with Crippen LogP contribution in [0.25, 0.3) is 0 Å². The molecule has 3 rings (SSSR count). The molecule has 0 aromatic heterocycles. The molecule has 4 unspecified atom stereocenters. The van der Waals surface area contributed by atoms with Crippen molar-refractivity contribution in [1.29, 1.82) is 5.26 Å². The van der Waals surface area contributed by atoms with Crippen LogP contribution in [-0.2, 0) is 0 Å². The molecule has 19 heavy (non-hydrogen) atoms. The molecule has 98 valence electrons. The first-order valence-corrected chi connectivity index (χ1v) is 7.61. The second-order valence-electron chi connectivity index (χ2n) is 5.68. The van der Waals surface area contributed by atoms with Crippen LogP contribution in [-0.4, -0.2) is 6.04 Å². The van der Waals surface area contributed by atoms with Gasteiger partial charge in [0.2, 0.25) is 0 Å². The summed E-state index contributed by atoms with van der Waals surface area (Å²) in [5.74, 6) is 2.21. The first-order chi connectivity index (χ1) is 9.17. The van der Waals surface area contributed by atoms with Gasteiger partial charge in [-0.05, 0) is 55.7 Å². The molecule has 1 N–H and O–H groups in total. The Morgan fingerprint density at radius 3 is 2.84 bits per heavy atom. The number of allylic oxidation sites excluding steroid dienone is 2. The lowest BCUT2D eigenvalue weighted by molar-refractivity contribution is 0.400. The van der Waals surface area contributed by atoms with Gasteiger partial charge in [0.05, 0.1) is 11.3 Å². The third-order valence-corrected chi connectivity index (χ3v) is 4.95. The highest BCUT2D eigenvalue weighted by molar-refractivity contribution is 9.10. The fraction of sp³-hybridized carbons (Fsp3) is 0.438. The topological polar surface area (TPSA) is 35.8 Å². The first-order valence-electron chi connectivity index (χ1n) is 6.82. The molecule has 0 aliphatic heterocycles. The Hall–Kier alpha value is -1.27. The maximum atomic E-state index is 9.18. The van der Waals surface area contributed by atoms with Crippen molar-refractivity contribution in [3.63, 3.8) is 0 Å². The fourth-order valence-electron chi connectivity index (χ4n) is 3.48. The maximum absolute atomic E-state index is 9.18. The summed E-state index contributed by atoms with van der Waals surface area (Å²) in [6.45, 7) is 2.24. The van der Waals surface area contributed by atoms with E-state index < -0.39 is 0 Å². The van der Waals surface area contributed by atoms with Crippen LogP contribution >= 0.6 is 15.9 Å². The summed E-state index contributed by atoms with van der Waals surface area (Å²) >= 11 is 3.47. The van der Waals surface area contributed by atoms with Crippen molar-refractivity contribution >= 4 is 21.6 Å². The van der Waals surface area contributed by atoms with Crippen LogP contribution in [0.15, 0.2) is 34.8 Å². The van der Waals surface area contributed by atoms with Gasteiger partial charge in [0.25, 0.3) is 0 Å². The molecule has 0 saturated heterocycles. The van der Waals surface area contributed by atoms with Gasteiger partial charge in [-0.3, -0.25) is 0 Å². The number of nitrogens with one attached hydrogen (secondary N) is 1. The molecular formula is C16H17BrN2. The summed E-state index contributed by atoms with van der Waals surface area (Å²) in [7, 11) is 0. The zero-order valence-electron chi connectivity index (χ0n) is 10.9. The molecule has 4 atom stereocenters. The van der Waals surface area contributed by atoms with E-state index in [4.69, 9.17) is 0 Å². The van der Waals surface area contributed by atoms with Crippen molar-refractivity contribution in [2.24, 2.45) is 17.8 Å². The third kappa shape index (κ3) is 2.42. The summed E-state index contributed by atoms with van der Waals surface area (Å²) < 4.78 is 1.01. The van der Waals surface area contributed by atoms with E-state index in [2.05, 4.69) is 46.4 Å². The van der Waals surface area contributed by atoms with E-state index in [1.807, 2.05) is 18.2 Å². The normalized spacial score (nSPS) is 29.2. The van der Waals surface area contributed by atoms with Gasteiger partial charge in [-0.1, -0.05) is 28.1 Å². The minimum atomic E-state index is 0.404. The van der Waals surface area contributed by atoms with Crippen LogP contribution in [0.2, 0.25) is 0 Å². The van der Waals surface area contributed by atoms with E-state index in [0.29, 0.717) is 17.5 Å². The van der Waals surface area contributed by atoms with Crippen LogP contribution in [0, 0.1) is 29.1 Å². The molecule has 1 aromatic carbocycles. The second-order valence-corrected chi connectivity index (χ2v) is 6.59. The first kappa shape index (κ1) is 12.7. The lowest BCUT2D eigenvalue weighted by Crippen LogP contribution is -2.29. The molecule has 1 fully saturated rings. The highest BCUT2D eigenvalue weighted by Crippen LogP contribution is 2.45. The van der Waals surface area contributed by atoms with E-state index in [9.17, 15) is 5.26 Å². The summed E-state index contributed by atoms with van der Waals surface area (Å²) in [5.41, 5.74) is 1.66. The quantitative estimate of drug-likeness (QED) is 0.842. The van der Waals surface area contributed by atoms with Crippen LogP contribution in [0.5, 0.6) is 0 Å². The molecule has 0 amide bonds. The Kier molecular flexibility index (Phi) is 3.36. The summed E-state index contributed by atoms with van der Waals surface area (Å²) in [4.78, 5) is 0. The average molecular weight is 317 g/mol. The number of hydrogen-bond acceptors (Lipinski definition) is 2. The zero-order chi connectivity index (χ0) is 13.4. The van der Waals surface area contributed by atoms with Crippen molar-refractivity contribution in [3.05, 3.63) is 40.4 Å². The lowest BCUT2D eigenvalue weighted by Gasteiger charge is -2.27. The number of rotatable bonds is 3. The van der Waals surface area contributed by atoms with E-state index in [1.54, 1.807) is 0 Å². The van der Waals surface area contributed by atoms with Gasteiger partial charge in [0.1, 0.15) is 6.07 Å². The second kappa shape index (κ2) is 5.02. The monoisotopic (exact) mass is 316 g/mol. The molecule has 2 aliphatic carbocycles. The summed E-state index contributed by atoms with van der Waals surface area (Å²) in [5, 5.41) is 12.7. The van der Waals surface area contributed by atoms with Crippen LogP contribution < -0.4 is 5.32 Å². The van der Waals surface area contributed by atoms with Crippen molar-refractivity contribution in [3.8, 4) is 6.07 Å².